The molecule has 0 fully saturated rings. The van der Waals surface area contributed by atoms with Crippen LogP contribution in [0.2, 0.25) is 5.02 Å². The van der Waals surface area contributed by atoms with E-state index in [1.165, 1.54) is 30.0 Å². The Bertz CT molecular complexity index is 941. The highest BCUT2D eigenvalue weighted by Gasteiger charge is 2.23. The van der Waals surface area contributed by atoms with Gasteiger partial charge >= 0.3 is 0 Å². The summed E-state index contributed by atoms with van der Waals surface area (Å²) in [6.45, 7) is 0. The number of nitrogens with one attached hydrogen (secondary N) is 1. The Labute approximate surface area is 155 Å². The normalized spacial score (nSPS) is 17.2. The van der Waals surface area contributed by atoms with Crippen molar-refractivity contribution in [3.63, 3.8) is 0 Å². The molecule has 2 aromatic rings. The lowest BCUT2D eigenvalue weighted by molar-refractivity contribution is -0.112. The molecule has 0 aliphatic carbocycles. The number of benzene rings is 2. The molecule has 1 heterocycles. The van der Waals surface area contributed by atoms with Gasteiger partial charge in [0.25, 0.3) is 5.91 Å². The molecule has 0 spiro atoms. The molecule has 3 N–H and O–H groups in total. The third kappa shape index (κ3) is 4.43. The summed E-state index contributed by atoms with van der Waals surface area (Å²) in [4.78, 5) is 13.0. The molecule has 0 radical (unpaired) electrons. The maximum atomic E-state index is 12.4. The van der Waals surface area contributed by atoms with E-state index in [1.807, 2.05) is 30.3 Å². The van der Waals surface area contributed by atoms with Crippen LogP contribution >= 0.6 is 23.4 Å². The Morgan fingerprint density at radius 2 is 1.92 bits per heavy atom. The van der Waals surface area contributed by atoms with E-state index in [9.17, 15) is 13.2 Å². The van der Waals surface area contributed by atoms with E-state index in [4.69, 9.17) is 16.7 Å². The summed E-state index contributed by atoms with van der Waals surface area (Å²) in [7, 11) is -3.81. The number of amides is 1. The van der Waals surface area contributed by atoms with Gasteiger partial charge < -0.3 is 5.32 Å². The van der Waals surface area contributed by atoms with Gasteiger partial charge in [0, 0.05) is 22.4 Å². The molecule has 0 saturated heterocycles. The van der Waals surface area contributed by atoms with Crippen molar-refractivity contribution in [2.24, 2.45) is 5.14 Å². The molecule has 8 heteroatoms. The Hall–Kier alpha value is -1.80. The molecule has 25 heavy (non-hydrogen) atoms. The number of rotatable bonds is 4. The molecule has 1 unspecified atom stereocenters. The number of carbonyl (C=O) groups excluding carboxylic acids is 1. The van der Waals surface area contributed by atoms with Gasteiger partial charge in [0.2, 0.25) is 10.0 Å². The molecule has 2 aromatic carbocycles. The monoisotopic (exact) mass is 394 g/mol. The van der Waals surface area contributed by atoms with E-state index in [0.29, 0.717) is 15.6 Å². The number of thioether (sulfide) groups is 1. The quantitative estimate of drug-likeness (QED) is 0.832. The summed E-state index contributed by atoms with van der Waals surface area (Å²) >= 11 is 7.36. The molecule has 5 nitrogen and oxygen atoms in total. The van der Waals surface area contributed by atoms with Crippen molar-refractivity contribution in [1.29, 1.82) is 0 Å². The Morgan fingerprint density at radius 3 is 2.60 bits per heavy atom. The van der Waals surface area contributed by atoms with Crippen molar-refractivity contribution in [1.82, 2.24) is 0 Å². The first-order chi connectivity index (χ1) is 11.8. The lowest BCUT2D eigenvalue weighted by atomic mass is 10.0. The minimum absolute atomic E-state index is 0.0441. The smallest absolute Gasteiger partial charge is 0.261 e. The van der Waals surface area contributed by atoms with Gasteiger partial charge in [-0.05, 0) is 35.9 Å². The standard InChI is InChI=1S/C17H15ClN2O3S2/c18-13-6-4-11(5-7-13)12-8-16(24-10-12)17(21)20-14-2-1-3-15(9-14)25(19,22)23/h1-9,12H,10H2,(H,20,21)(H2,19,22,23). The van der Waals surface area contributed by atoms with Crippen molar-refractivity contribution in [2.75, 3.05) is 11.1 Å². The molecule has 130 valence electrons. The van der Waals surface area contributed by atoms with Crippen molar-refractivity contribution >= 4 is 45.0 Å². The Morgan fingerprint density at radius 1 is 1.20 bits per heavy atom. The molecule has 1 aliphatic heterocycles. The number of nitrogens with two attached hydrogens (primary N) is 1. The van der Waals surface area contributed by atoms with Gasteiger partial charge in [-0.3, -0.25) is 4.79 Å². The molecule has 1 aliphatic rings. The number of halogens is 1. The predicted molar refractivity (Wildman–Crippen MR) is 101 cm³/mol. The van der Waals surface area contributed by atoms with Gasteiger partial charge in [0.05, 0.1) is 9.80 Å². The van der Waals surface area contributed by atoms with Crippen LogP contribution < -0.4 is 10.5 Å². The fourth-order valence-corrected chi connectivity index (χ4v) is 4.22. The van der Waals surface area contributed by atoms with Crippen molar-refractivity contribution in [3.8, 4) is 0 Å². The Balaban J connectivity index is 1.74. The van der Waals surface area contributed by atoms with Crippen molar-refractivity contribution < 1.29 is 13.2 Å². The number of allylic oxidation sites excluding steroid dienone is 1. The van der Waals surface area contributed by atoms with E-state index >= 15 is 0 Å². The number of anilines is 1. The first-order valence-electron chi connectivity index (χ1n) is 7.37. The zero-order valence-electron chi connectivity index (χ0n) is 13.0. The van der Waals surface area contributed by atoms with E-state index in [0.717, 1.165) is 11.3 Å². The first-order valence-corrected chi connectivity index (χ1v) is 10.3. The third-order valence-corrected chi connectivity index (χ3v) is 6.03. The van der Waals surface area contributed by atoms with Gasteiger partial charge in [-0.25, -0.2) is 13.6 Å². The van der Waals surface area contributed by atoms with Gasteiger partial charge in [0.1, 0.15) is 0 Å². The topological polar surface area (TPSA) is 89.3 Å². The van der Waals surface area contributed by atoms with Crippen LogP contribution in [-0.4, -0.2) is 20.1 Å². The van der Waals surface area contributed by atoms with Gasteiger partial charge in [-0.2, -0.15) is 0 Å². The van der Waals surface area contributed by atoms with Gasteiger partial charge in [0.15, 0.2) is 0 Å². The molecule has 3 rings (SSSR count). The average Bonchev–Trinajstić information content (AvgIpc) is 3.05. The minimum atomic E-state index is -3.81. The predicted octanol–water partition coefficient (Wildman–Crippen LogP) is 3.34. The second-order valence-electron chi connectivity index (χ2n) is 5.53. The van der Waals surface area contributed by atoms with E-state index in [2.05, 4.69) is 5.32 Å². The summed E-state index contributed by atoms with van der Waals surface area (Å²) in [5.41, 5.74) is 1.48. The summed E-state index contributed by atoms with van der Waals surface area (Å²) in [6, 6.07) is 13.4. The molecule has 0 saturated carbocycles. The fraction of sp³-hybridized carbons (Fsp3) is 0.118. The van der Waals surface area contributed by atoms with Gasteiger partial charge in [-0.15, -0.1) is 11.8 Å². The summed E-state index contributed by atoms with van der Waals surface area (Å²) in [5, 5.41) is 8.49. The highest BCUT2D eigenvalue weighted by Crippen LogP contribution is 2.36. The number of hydrogen-bond acceptors (Lipinski definition) is 4. The van der Waals surface area contributed by atoms with E-state index in [-0.39, 0.29) is 16.7 Å². The van der Waals surface area contributed by atoms with Crippen LogP contribution in [0.1, 0.15) is 11.5 Å². The lowest BCUT2D eigenvalue weighted by Crippen LogP contribution is -2.14. The van der Waals surface area contributed by atoms with Crippen LogP contribution in [0.25, 0.3) is 0 Å². The summed E-state index contributed by atoms with van der Waals surface area (Å²) < 4.78 is 22.8. The number of primary sulfonamides is 1. The molecule has 0 bridgehead atoms. The fourth-order valence-electron chi connectivity index (χ4n) is 2.45. The number of sulfonamides is 1. The van der Waals surface area contributed by atoms with Crippen LogP contribution in [-0.2, 0) is 14.8 Å². The molecular weight excluding hydrogens is 380 g/mol. The average molecular weight is 395 g/mol. The maximum Gasteiger partial charge on any atom is 0.261 e. The molecule has 1 atom stereocenters. The maximum absolute atomic E-state index is 12.4. The Kier molecular flexibility index (Phi) is 5.19. The second kappa shape index (κ2) is 7.21. The van der Waals surface area contributed by atoms with Crippen LogP contribution in [0.15, 0.2) is 64.4 Å². The van der Waals surface area contributed by atoms with Crippen LogP contribution in [0.5, 0.6) is 0 Å². The molecule has 1 amide bonds. The third-order valence-electron chi connectivity index (χ3n) is 3.71. The second-order valence-corrected chi connectivity index (χ2v) is 8.59. The first kappa shape index (κ1) is 18.0. The lowest BCUT2D eigenvalue weighted by Gasteiger charge is -2.06. The highest BCUT2D eigenvalue weighted by atomic mass is 35.5. The van der Waals surface area contributed by atoms with Crippen molar-refractivity contribution in [3.05, 3.63) is 70.1 Å². The van der Waals surface area contributed by atoms with E-state index < -0.39 is 10.0 Å². The summed E-state index contributed by atoms with van der Waals surface area (Å²) in [6.07, 6.45) is 1.91. The zero-order chi connectivity index (χ0) is 18.0. The summed E-state index contributed by atoms with van der Waals surface area (Å²) in [5.74, 6) is 0.633. The van der Waals surface area contributed by atoms with Crippen LogP contribution in [0.4, 0.5) is 5.69 Å². The SMILES string of the molecule is NS(=O)(=O)c1cccc(NC(=O)C2=CC(c3ccc(Cl)cc3)CS2)c1. The van der Waals surface area contributed by atoms with Crippen molar-refractivity contribution in [2.45, 2.75) is 10.8 Å². The molecule has 0 aromatic heterocycles. The zero-order valence-corrected chi connectivity index (χ0v) is 15.4. The largest absolute Gasteiger partial charge is 0.322 e. The minimum Gasteiger partial charge on any atom is -0.322 e. The highest BCUT2D eigenvalue weighted by molar-refractivity contribution is 8.04. The number of carbonyl (C=O) groups is 1. The number of hydrogen-bond donors (Lipinski definition) is 2. The van der Waals surface area contributed by atoms with Crippen LogP contribution in [0.3, 0.4) is 0 Å². The van der Waals surface area contributed by atoms with E-state index in [1.54, 1.807) is 6.07 Å². The van der Waals surface area contributed by atoms with Gasteiger partial charge in [-0.1, -0.05) is 35.9 Å². The van der Waals surface area contributed by atoms with Crippen LogP contribution in [0, 0.1) is 0 Å². The molecular formula is C17H15ClN2O3S2.